The maximum Gasteiger partial charge on any atom is 0.189 e. The highest BCUT2D eigenvalue weighted by molar-refractivity contribution is 5.57. The van der Waals surface area contributed by atoms with E-state index in [0.717, 1.165) is 0 Å². The monoisotopic (exact) mass is 169 g/mol. The maximum absolute atomic E-state index is 12.8. The van der Waals surface area contributed by atoms with Gasteiger partial charge in [-0.05, 0) is 6.07 Å². The highest BCUT2D eigenvalue weighted by atomic mass is 19.1. The van der Waals surface area contributed by atoms with Gasteiger partial charge in [-0.25, -0.2) is 4.39 Å². The molecule has 0 atom stereocenters. The van der Waals surface area contributed by atoms with Crippen LogP contribution in [0, 0.1) is 5.82 Å². The molecular formula is C8H8FNO2. The van der Waals surface area contributed by atoms with Crippen molar-refractivity contribution in [2.24, 2.45) is 0 Å². The molecular weight excluding hydrogens is 161 g/mol. The Morgan fingerprint density at radius 3 is 3.08 bits per heavy atom. The van der Waals surface area contributed by atoms with Gasteiger partial charge in [0.15, 0.2) is 12.5 Å². The van der Waals surface area contributed by atoms with Gasteiger partial charge in [-0.15, -0.1) is 0 Å². The van der Waals surface area contributed by atoms with Crippen LogP contribution in [0.2, 0.25) is 0 Å². The van der Waals surface area contributed by atoms with Gasteiger partial charge < -0.3 is 15.2 Å². The molecule has 64 valence electrons. The summed E-state index contributed by atoms with van der Waals surface area (Å²) in [5.41, 5.74) is 6.51. The number of rotatable bonds is 0. The number of anilines is 1. The number of ether oxygens (including phenoxy) is 2. The SMILES string of the molecule is Nc1cc(F)cc2c1OCOC2. The summed E-state index contributed by atoms with van der Waals surface area (Å²) in [5.74, 6) is 0.183. The first-order chi connectivity index (χ1) is 5.77. The summed E-state index contributed by atoms with van der Waals surface area (Å²) >= 11 is 0. The van der Waals surface area contributed by atoms with E-state index in [4.69, 9.17) is 15.2 Å². The molecule has 0 radical (unpaired) electrons. The number of nitrogen functional groups attached to an aromatic ring is 1. The molecule has 0 spiro atoms. The fraction of sp³-hybridized carbons (Fsp3) is 0.250. The minimum atomic E-state index is -0.361. The maximum atomic E-state index is 12.8. The van der Waals surface area contributed by atoms with Crippen molar-refractivity contribution < 1.29 is 13.9 Å². The van der Waals surface area contributed by atoms with Crippen molar-refractivity contribution in [2.75, 3.05) is 12.5 Å². The molecule has 2 N–H and O–H groups in total. The number of nitrogens with two attached hydrogens (primary N) is 1. The van der Waals surface area contributed by atoms with Crippen LogP contribution in [0.15, 0.2) is 12.1 Å². The van der Waals surface area contributed by atoms with Gasteiger partial charge in [0.05, 0.1) is 12.3 Å². The second-order valence-electron chi connectivity index (χ2n) is 2.59. The molecule has 0 fully saturated rings. The zero-order valence-corrected chi connectivity index (χ0v) is 6.34. The molecule has 0 bridgehead atoms. The van der Waals surface area contributed by atoms with E-state index in [0.29, 0.717) is 23.6 Å². The zero-order valence-electron chi connectivity index (χ0n) is 6.34. The summed E-state index contributed by atoms with van der Waals surface area (Å²) in [4.78, 5) is 0. The molecule has 0 aliphatic carbocycles. The number of fused-ring (bicyclic) bond motifs is 1. The Bertz CT molecular complexity index is 314. The van der Waals surface area contributed by atoms with Gasteiger partial charge in [0, 0.05) is 11.6 Å². The van der Waals surface area contributed by atoms with Crippen molar-refractivity contribution in [3.63, 3.8) is 0 Å². The Morgan fingerprint density at radius 2 is 2.25 bits per heavy atom. The average molecular weight is 169 g/mol. The molecule has 4 heteroatoms. The van der Waals surface area contributed by atoms with Crippen molar-refractivity contribution in [1.82, 2.24) is 0 Å². The Hall–Kier alpha value is -1.29. The van der Waals surface area contributed by atoms with Crippen molar-refractivity contribution in [1.29, 1.82) is 0 Å². The van der Waals surface area contributed by atoms with Crippen molar-refractivity contribution >= 4 is 5.69 Å². The van der Waals surface area contributed by atoms with Crippen LogP contribution in [0.1, 0.15) is 5.56 Å². The Labute approximate surface area is 68.9 Å². The predicted molar refractivity (Wildman–Crippen MR) is 41.1 cm³/mol. The summed E-state index contributed by atoms with van der Waals surface area (Å²) < 4.78 is 22.8. The minimum Gasteiger partial charge on any atom is -0.465 e. The van der Waals surface area contributed by atoms with E-state index < -0.39 is 0 Å². The fourth-order valence-corrected chi connectivity index (χ4v) is 1.21. The predicted octanol–water partition coefficient (Wildman–Crippen LogP) is 1.27. The van der Waals surface area contributed by atoms with Gasteiger partial charge in [-0.1, -0.05) is 0 Å². The minimum absolute atomic E-state index is 0.183. The zero-order chi connectivity index (χ0) is 8.55. The molecule has 2 rings (SSSR count). The number of hydrogen-bond acceptors (Lipinski definition) is 3. The van der Waals surface area contributed by atoms with Crippen LogP contribution in [0.4, 0.5) is 10.1 Å². The van der Waals surface area contributed by atoms with E-state index in [1.807, 2.05) is 0 Å². The Balaban J connectivity index is 2.53. The molecule has 0 amide bonds. The number of hydrogen-bond donors (Lipinski definition) is 1. The van der Waals surface area contributed by atoms with Crippen molar-refractivity contribution in [3.05, 3.63) is 23.5 Å². The largest absolute Gasteiger partial charge is 0.465 e. The summed E-state index contributed by atoms with van der Waals surface area (Å²) in [7, 11) is 0. The van der Waals surface area contributed by atoms with Gasteiger partial charge >= 0.3 is 0 Å². The molecule has 1 aliphatic rings. The second-order valence-corrected chi connectivity index (χ2v) is 2.59. The first-order valence-electron chi connectivity index (χ1n) is 3.56. The highest BCUT2D eigenvalue weighted by Crippen LogP contribution is 2.30. The molecule has 0 unspecified atom stereocenters. The first kappa shape index (κ1) is 7.36. The summed E-state index contributed by atoms with van der Waals surface area (Å²) in [6.45, 7) is 0.542. The van der Waals surface area contributed by atoms with Gasteiger partial charge in [0.1, 0.15) is 5.82 Å². The van der Waals surface area contributed by atoms with E-state index in [-0.39, 0.29) is 12.6 Å². The Morgan fingerprint density at radius 1 is 1.42 bits per heavy atom. The van der Waals surface area contributed by atoms with Crippen LogP contribution < -0.4 is 10.5 Å². The van der Waals surface area contributed by atoms with Crippen LogP contribution in [0.5, 0.6) is 5.75 Å². The highest BCUT2D eigenvalue weighted by Gasteiger charge is 2.14. The molecule has 3 nitrogen and oxygen atoms in total. The average Bonchev–Trinajstić information content (AvgIpc) is 2.04. The third kappa shape index (κ3) is 1.10. The van der Waals surface area contributed by atoms with Crippen LogP contribution in [0.3, 0.4) is 0 Å². The smallest absolute Gasteiger partial charge is 0.189 e. The lowest BCUT2D eigenvalue weighted by atomic mass is 10.1. The van der Waals surface area contributed by atoms with Crippen molar-refractivity contribution in [2.45, 2.75) is 6.61 Å². The van der Waals surface area contributed by atoms with Crippen LogP contribution >= 0.6 is 0 Å². The standard InChI is InChI=1S/C8H8FNO2/c9-6-1-5-3-11-4-12-8(5)7(10)2-6/h1-2H,3-4,10H2. The van der Waals surface area contributed by atoms with Crippen LogP contribution in [-0.2, 0) is 11.3 Å². The van der Waals surface area contributed by atoms with E-state index in [1.54, 1.807) is 0 Å². The summed E-state index contributed by atoms with van der Waals surface area (Å²) in [5, 5.41) is 0. The third-order valence-electron chi connectivity index (χ3n) is 1.70. The molecule has 0 saturated heterocycles. The number of benzene rings is 1. The quantitative estimate of drug-likeness (QED) is 0.595. The van der Waals surface area contributed by atoms with Crippen LogP contribution in [0.25, 0.3) is 0 Å². The Kier molecular flexibility index (Phi) is 1.62. The first-order valence-corrected chi connectivity index (χ1v) is 3.56. The van der Waals surface area contributed by atoms with E-state index in [9.17, 15) is 4.39 Å². The molecule has 12 heavy (non-hydrogen) atoms. The lowest BCUT2D eigenvalue weighted by Crippen LogP contribution is -2.13. The second kappa shape index (κ2) is 2.64. The van der Waals surface area contributed by atoms with E-state index >= 15 is 0 Å². The molecule has 0 aromatic heterocycles. The van der Waals surface area contributed by atoms with Gasteiger partial charge in [0.2, 0.25) is 0 Å². The third-order valence-corrected chi connectivity index (χ3v) is 1.70. The van der Waals surface area contributed by atoms with Crippen LogP contribution in [-0.4, -0.2) is 6.79 Å². The van der Waals surface area contributed by atoms with E-state index in [2.05, 4.69) is 0 Å². The lowest BCUT2D eigenvalue weighted by Gasteiger charge is -2.18. The van der Waals surface area contributed by atoms with Gasteiger partial charge in [-0.2, -0.15) is 0 Å². The summed E-state index contributed by atoms with van der Waals surface area (Å²) in [6.07, 6.45) is 0. The molecule has 0 saturated carbocycles. The van der Waals surface area contributed by atoms with Gasteiger partial charge in [0.25, 0.3) is 0 Å². The molecule has 1 aromatic carbocycles. The topological polar surface area (TPSA) is 44.5 Å². The molecule has 1 aliphatic heterocycles. The van der Waals surface area contributed by atoms with Gasteiger partial charge in [-0.3, -0.25) is 0 Å². The fourth-order valence-electron chi connectivity index (χ4n) is 1.21. The summed E-state index contributed by atoms with van der Waals surface area (Å²) in [6, 6.07) is 2.61. The molecule has 1 heterocycles. The van der Waals surface area contributed by atoms with Crippen molar-refractivity contribution in [3.8, 4) is 5.75 Å². The lowest BCUT2D eigenvalue weighted by molar-refractivity contribution is -0.0159. The normalized spacial score (nSPS) is 15.1. The van der Waals surface area contributed by atoms with E-state index in [1.165, 1.54) is 12.1 Å². The number of halogens is 1. The molecule has 1 aromatic rings.